The van der Waals surface area contributed by atoms with E-state index in [0.717, 1.165) is 4.47 Å². The molecule has 2 amide bonds. The van der Waals surface area contributed by atoms with Crippen molar-refractivity contribution >= 4 is 45.2 Å². The topological polar surface area (TPSA) is 69.6 Å². The molecule has 1 saturated heterocycles. The van der Waals surface area contributed by atoms with Crippen LogP contribution in [0.25, 0.3) is 0 Å². The summed E-state index contributed by atoms with van der Waals surface area (Å²) >= 11 is 9.22. The number of nitrogens with zero attached hydrogens (tertiary/aromatic N) is 1. The number of urea groups is 1. The minimum Gasteiger partial charge on any atom is -0.481 e. The average molecular weight is 334 g/mol. The quantitative estimate of drug-likeness (QED) is 0.874. The molecule has 0 saturated carbocycles. The normalized spacial score (nSPS) is 15.1. The van der Waals surface area contributed by atoms with E-state index in [1.165, 1.54) is 4.90 Å². The second-order valence-corrected chi connectivity index (χ2v) is 5.32. The van der Waals surface area contributed by atoms with Crippen LogP contribution in [0.1, 0.15) is 0 Å². The monoisotopic (exact) mass is 332 g/mol. The van der Waals surface area contributed by atoms with Crippen LogP contribution in [0.5, 0.6) is 0 Å². The van der Waals surface area contributed by atoms with Crippen LogP contribution in [-0.4, -0.2) is 35.1 Å². The number of carboxylic acid groups (broad SMARTS) is 1. The molecule has 0 unspecified atom stereocenters. The van der Waals surface area contributed by atoms with Crippen LogP contribution < -0.4 is 5.32 Å². The Kier molecular flexibility index (Phi) is 3.77. The fraction of sp³-hybridized carbons (Fsp3) is 0.273. The number of nitrogens with one attached hydrogen (secondary N) is 1. The molecule has 0 atom stereocenters. The molecule has 0 aliphatic carbocycles. The fourth-order valence-corrected chi connectivity index (χ4v) is 2.11. The van der Waals surface area contributed by atoms with Crippen molar-refractivity contribution in [3.05, 3.63) is 27.7 Å². The zero-order valence-corrected chi connectivity index (χ0v) is 11.5. The summed E-state index contributed by atoms with van der Waals surface area (Å²) in [5.41, 5.74) is 0.495. The average Bonchev–Trinajstić information content (AvgIpc) is 2.20. The van der Waals surface area contributed by atoms with Gasteiger partial charge >= 0.3 is 12.0 Å². The third kappa shape index (κ3) is 2.76. The molecule has 0 spiro atoms. The molecular weight excluding hydrogens is 323 g/mol. The van der Waals surface area contributed by atoms with Crippen molar-refractivity contribution in [3.63, 3.8) is 0 Å². The molecule has 0 radical (unpaired) electrons. The van der Waals surface area contributed by atoms with E-state index in [1.54, 1.807) is 18.2 Å². The summed E-state index contributed by atoms with van der Waals surface area (Å²) in [6, 6.07) is 4.78. The van der Waals surface area contributed by atoms with Crippen molar-refractivity contribution in [3.8, 4) is 0 Å². The molecule has 7 heteroatoms. The first kappa shape index (κ1) is 13.2. The summed E-state index contributed by atoms with van der Waals surface area (Å²) in [6.45, 7) is 0.458. The second-order valence-electron chi connectivity index (χ2n) is 3.99. The van der Waals surface area contributed by atoms with Gasteiger partial charge in [-0.3, -0.25) is 4.79 Å². The van der Waals surface area contributed by atoms with E-state index >= 15 is 0 Å². The summed E-state index contributed by atoms with van der Waals surface area (Å²) < 4.78 is 0.800. The zero-order chi connectivity index (χ0) is 13.3. The van der Waals surface area contributed by atoms with Crippen molar-refractivity contribution in [2.75, 3.05) is 18.4 Å². The molecule has 96 valence electrons. The van der Waals surface area contributed by atoms with E-state index in [0.29, 0.717) is 10.7 Å². The number of hydrogen-bond donors (Lipinski definition) is 2. The van der Waals surface area contributed by atoms with Crippen molar-refractivity contribution < 1.29 is 14.7 Å². The maximum absolute atomic E-state index is 11.8. The van der Waals surface area contributed by atoms with Gasteiger partial charge in [0.25, 0.3) is 0 Å². The molecule has 1 aliphatic rings. The number of carboxylic acids is 1. The third-order valence-electron chi connectivity index (χ3n) is 2.69. The molecule has 1 aliphatic heterocycles. The van der Waals surface area contributed by atoms with Crippen LogP contribution in [0, 0.1) is 5.92 Å². The number of carbonyl (C=O) groups excluding carboxylic acids is 1. The van der Waals surface area contributed by atoms with Gasteiger partial charge in [-0.25, -0.2) is 4.79 Å². The van der Waals surface area contributed by atoms with Crippen LogP contribution in [0.3, 0.4) is 0 Å². The fourth-order valence-electron chi connectivity index (χ4n) is 1.59. The Balaban J connectivity index is 1.96. The van der Waals surface area contributed by atoms with E-state index in [2.05, 4.69) is 21.2 Å². The lowest BCUT2D eigenvalue weighted by atomic mass is 10.0. The first-order valence-electron chi connectivity index (χ1n) is 5.21. The number of aliphatic carboxylic acids is 1. The Morgan fingerprint density at radius 3 is 2.72 bits per heavy atom. The molecular formula is C11H10BrClN2O3. The lowest BCUT2D eigenvalue weighted by Crippen LogP contribution is -2.54. The maximum Gasteiger partial charge on any atom is 0.321 e. The molecule has 1 heterocycles. The van der Waals surface area contributed by atoms with Crippen LogP contribution in [0.4, 0.5) is 10.5 Å². The summed E-state index contributed by atoms with van der Waals surface area (Å²) in [5, 5.41) is 11.8. The van der Waals surface area contributed by atoms with Gasteiger partial charge in [0.2, 0.25) is 0 Å². The van der Waals surface area contributed by atoms with Gasteiger partial charge in [-0.05, 0) is 18.2 Å². The van der Waals surface area contributed by atoms with Gasteiger partial charge in [0.05, 0.1) is 16.6 Å². The standard InChI is InChI=1S/C11H10BrClN2O3/c12-7-1-2-8(13)9(3-7)14-11(18)15-4-6(5-15)10(16)17/h1-3,6H,4-5H2,(H,14,18)(H,16,17). The third-order valence-corrected chi connectivity index (χ3v) is 3.51. The van der Waals surface area contributed by atoms with E-state index in [4.69, 9.17) is 16.7 Å². The summed E-state index contributed by atoms with van der Waals surface area (Å²) in [7, 11) is 0. The van der Waals surface area contributed by atoms with Gasteiger partial charge in [0.15, 0.2) is 0 Å². The molecule has 0 aromatic heterocycles. The first-order chi connectivity index (χ1) is 8.47. The number of rotatable bonds is 2. The highest BCUT2D eigenvalue weighted by Crippen LogP contribution is 2.26. The van der Waals surface area contributed by atoms with E-state index in [-0.39, 0.29) is 19.1 Å². The van der Waals surface area contributed by atoms with E-state index in [9.17, 15) is 9.59 Å². The van der Waals surface area contributed by atoms with E-state index < -0.39 is 11.9 Å². The lowest BCUT2D eigenvalue weighted by Gasteiger charge is -2.36. The Bertz CT molecular complexity index is 503. The van der Waals surface area contributed by atoms with Gasteiger partial charge < -0.3 is 15.3 Å². The molecule has 2 N–H and O–H groups in total. The Morgan fingerprint density at radius 1 is 1.44 bits per heavy atom. The summed E-state index contributed by atoms with van der Waals surface area (Å²) in [5.74, 6) is -1.34. The van der Waals surface area contributed by atoms with Crippen LogP contribution in [0.2, 0.25) is 5.02 Å². The Hall–Kier alpha value is -1.27. The minimum absolute atomic E-state index is 0.229. The molecule has 1 fully saturated rings. The van der Waals surface area contributed by atoms with Crippen LogP contribution in [0.15, 0.2) is 22.7 Å². The molecule has 1 aromatic rings. The molecule has 18 heavy (non-hydrogen) atoms. The SMILES string of the molecule is O=C(O)C1CN(C(=O)Nc2cc(Br)ccc2Cl)C1. The highest BCUT2D eigenvalue weighted by Gasteiger charge is 2.35. The van der Waals surface area contributed by atoms with Gasteiger partial charge in [-0.1, -0.05) is 27.5 Å². The highest BCUT2D eigenvalue weighted by molar-refractivity contribution is 9.10. The van der Waals surface area contributed by atoms with Gasteiger partial charge in [0.1, 0.15) is 0 Å². The van der Waals surface area contributed by atoms with Crippen molar-refractivity contribution in [2.45, 2.75) is 0 Å². The number of amides is 2. The van der Waals surface area contributed by atoms with Crippen molar-refractivity contribution in [2.24, 2.45) is 5.92 Å². The van der Waals surface area contributed by atoms with Crippen molar-refractivity contribution in [1.82, 2.24) is 4.90 Å². The minimum atomic E-state index is -0.875. The predicted octanol–water partition coefficient (Wildman–Crippen LogP) is 2.65. The van der Waals surface area contributed by atoms with Crippen LogP contribution >= 0.6 is 27.5 Å². The van der Waals surface area contributed by atoms with Gasteiger partial charge in [-0.15, -0.1) is 0 Å². The van der Waals surface area contributed by atoms with Crippen molar-refractivity contribution in [1.29, 1.82) is 0 Å². The zero-order valence-electron chi connectivity index (χ0n) is 9.19. The predicted molar refractivity (Wildman–Crippen MR) is 70.9 cm³/mol. The Morgan fingerprint density at radius 2 is 2.11 bits per heavy atom. The number of likely N-dealkylation sites (tertiary alicyclic amines) is 1. The Labute approximate surface area is 117 Å². The van der Waals surface area contributed by atoms with Crippen LogP contribution in [-0.2, 0) is 4.79 Å². The maximum atomic E-state index is 11.8. The number of benzene rings is 1. The summed E-state index contributed by atoms with van der Waals surface area (Å²) in [4.78, 5) is 23.8. The molecule has 0 bridgehead atoms. The number of hydrogen-bond acceptors (Lipinski definition) is 2. The number of anilines is 1. The summed E-state index contributed by atoms with van der Waals surface area (Å²) in [6.07, 6.45) is 0. The molecule has 2 rings (SSSR count). The highest BCUT2D eigenvalue weighted by atomic mass is 79.9. The smallest absolute Gasteiger partial charge is 0.321 e. The largest absolute Gasteiger partial charge is 0.481 e. The molecule has 1 aromatic carbocycles. The number of halogens is 2. The lowest BCUT2D eigenvalue weighted by molar-refractivity contribution is -0.145. The first-order valence-corrected chi connectivity index (χ1v) is 6.38. The second kappa shape index (κ2) is 5.16. The number of carbonyl (C=O) groups is 2. The van der Waals surface area contributed by atoms with Gasteiger partial charge in [-0.2, -0.15) is 0 Å². The van der Waals surface area contributed by atoms with Gasteiger partial charge in [0, 0.05) is 17.6 Å². The van der Waals surface area contributed by atoms with E-state index in [1.807, 2.05) is 0 Å². The molecule has 5 nitrogen and oxygen atoms in total.